The fourth-order valence-electron chi connectivity index (χ4n) is 7.34. The van der Waals surface area contributed by atoms with Crippen molar-refractivity contribution < 1.29 is 0 Å². The fraction of sp³-hybridized carbons (Fsp3) is 0.116. The van der Waals surface area contributed by atoms with E-state index in [1.54, 1.807) is 0 Å². The summed E-state index contributed by atoms with van der Waals surface area (Å²) in [5.41, 5.74) is 14.9. The number of hydrogen-bond acceptors (Lipinski definition) is 2. The molecule has 4 heteroatoms. The van der Waals surface area contributed by atoms with Gasteiger partial charge in [0.25, 0.3) is 0 Å². The predicted molar refractivity (Wildman–Crippen MR) is 194 cm³/mol. The van der Waals surface area contributed by atoms with Gasteiger partial charge in [0, 0.05) is 27.1 Å². The summed E-state index contributed by atoms with van der Waals surface area (Å²) < 4.78 is 4.61. The maximum Gasteiger partial charge on any atom is 0.0993 e. The molecule has 0 saturated heterocycles. The van der Waals surface area contributed by atoms with Gasteiger partial charge in [-0.15, -0.1) is 0 Å². The number of fused-ring (bicyclic) bond motifs is 6. The highest BCUT2D eigenvalue weighted by Crippen LogP contribution is 2.43. The van der Waals surface area contributed by atoms with Gasteiger partial charge >= 0.3 is 0 Å². The van der Waals surface area contributed by atoms with Crippen LogP contribution in [0, 0.1) is 57.3 Å². The standard InChI is InChI=1S/C43H32N4/c1-25-6-10-37-33(16-25)34-17-26(2)7-11-38(34)46(37)41-21-31(24-45)22-42(43(41)32-15-29(5)14-30(20-32)23-44)47-39-12-8-27(3)18-35(39)36-19-28(4)9-13-40(36)47/h6-22H,1-5H3. The minimum absolute atomic E-state index is 0.565. The molecule has 6 aromatic carbocycles. The van der Waals surface area contributed by atoms with E-state index in [0.717, 1.165) is 50.1 Å². The van der Waals surface area contributed by atoms with Crippen LogP contribution in [0.15, 0.2) is 103 Å². The first-order valence-corrected chi connectivity index (χ1v) is 15.9. The summed E-state index contributed by atoms with van der Waals surface area (Å²) in [4.78, 5) is 0. The number of hydrogen-bond donors (Lipinski definition) is 0. The minimum Gasteiger partial charge on any atom is -0.308 e. The summed E-state index contributed by atoms with van der Waals surface area (Å²) >= 11 is 0. The number of nitrogens with zero attached hydrogens (tertiary/aromatic N) is 4. The molecule has 4 nitrogen and oxygen atoms in total. The van der Waals surface area contributed by atoms with Gasteiger partial charge in [-0.3, -0.25) is 0 Å². The molecule has 0 saturated carbocycles. The summed E-state index contributed by atoms with van der Waals surface area (Å²) in [7, 11) is 0. The molecule has 47 heavy (non-hydrogen) atoms. The molecule has 0 N–H and O–H groups in total. The first-order chi connectivity index (χ1) is 22.7. The van der Waals surface area contributed by atoms with E-state index in [2.05, 4.69) is 128 Å². The summed E-state index contributed by atoms with van der Waals surface area (Å²) in [6.07, 6.45) is 0. The van der Waals surface area contributed by atoms with Gasteiger partial charge in [-0.1, -0.05) is 52.6 Å². The van der Waals surface area contributed by atoms with Crippen LogP contribution < -0.4 is 0 Å². The van der Waals surface area contributed by atoms with Gasteiger partial charge in [0.15, 0.2) is 0 Å². The molecule has 0 spiro atoms. The summed E-state index contributed by atoms with van der Waals surface area (Å²) in [6.45, 7) is 10.5. The van der Waals surface area contributed by atoms with Crippen LogP contribution in [-0.4, -0.2) is 9.13 Å². The van der Waals surface area contributed by atoms with Crippen LogP contribution in [0.5, 0.6) is 0 Å². The molecule has 0 radical (unpaired) electrons. The Labute approximate surface area is 274 Å². The predicted octanol–water partition coefficient (Wildman–Crippen LogP) is 10.8. The van der Waals surface area contributed by atoms with Crippen molar-refractivity contribution >= 4 is 43.6 Å². The molecule has 8 rings (SSSR count). The van der Waals surface area contributed by atoms with Crippen LogP contribution in [0.1, 0.15) is 38.9 Å². The third kappa shape index (κ3) is 4.42. The van der Waals surface area contributed by atoms with Crippen LogP contribution >= 0.6 is 0 Å². The van der Waals surface area contributed by atoms with Crippen molar-refractivity contribution in [3.05, 3.63) is 142 Å². The van der Waals surface area contributed by atoms with Gasteiger partial charge in [-0.25, -0.2) is 0 Å². The largest absolute Gasteiger partial charge is 0.308 e. The zero-order valence-corrected chi connectivity index (χ0v) is 27.1. The van der Waals surface area contributed by atoms with Crippen LogP contribution in [0.3, 0.4) is 0 Å². The van der Waals surface area contributed by atoms with E-state index >= 15 is 0 Å². The van der Waals surface area contributed by atoms with Crippen molar-refractivity contribution in [2.45, 2.75) is 34.6 Å². The zero-order chi connectivity index (χ0) is 32.6. The molecule has 224 valence electrons. The second-order valence-corrected chi connectivity index (χ2v) is 13.0. The lowest BCUT2D eigenvalue weighted by atomic mass is 9.95. The smallest absolute Gasteiger partial charge is 0.0993 e. The van der Waals surface area contributed by atoms with E-state index in [1.807, 2.05) is 31.2 Å². The molecule has 0 aliphatic heterocycles. The van der Waals surface area contributed by atoms with Crippen LogP contribution in [0.4, 0.5) is 0 Å². The average Bonchev–Trinajstić information content (AvgIpc) is 3.54. The van der Waals surface area contributed by atoms with E-state index < -0.39 is 0 Å². The third-order valence-corrected chi connectivity index (χ3v) is 9.35. The number of aryl methyl sites for hydroxylation is 5. The van der Waals surface area contributed by atoms with Gasteiger partial charge in [0.05, 0.1) is 56.7 Å². The number of aromatic nitrogens is 2. The monoisotopic (exact) mass is 604 g/mol. The Kier molecular flexibility index (Phi) is 6.33. The van der Waals surface area contributed by atoms with Crippen LogP contribution in [-0.2, 0) is 0 Å². The third-order valence-electron chi connectivity index (χ3n) is 9.35. The van der Waals surface area contributed by atoms with Gasteiger partial charge in [0.1, 0.15) is 0 Å². The topological polar surface area (TPSA) is 57.4 Å². The van der Waals surface area contributed by atoms with Gasteiger partial charge in [-0.05, 0) is 119 Å². The maximum absolute atomic E-state index is 10.6. The lowest BCUT2D eigenvalue weighted by Gasteiger charge is -2.21. The first-order valence-electron chi connectivity index (χ1n) is 15.9. The molecule has 0 aliphatic rings. The van der Waals surface area contributed by atoms with Gasteiger partial charge in [0.2, 0.25) is 0 Å². The number of rotatable bonds is 3. The normalized spacial score (nSPS) is 11.5. The summed E-state index contributed by atoms with van der Waals surface area (Å²) in [5, 5.41) is 25.3. The quantitative estimate of drug-likeness (QED) is 0.201. The molecule has 0 fully saturated rings. The van der Waals surface area contributed by atoms with E-state index in [0.29, 0.717) is 11.1 Å². The SMILES string of the molecule is Cc1cc(C#N)cc(-c2c(-n3c4ccc(C)cc4c4cc(C)ccc43)cc(C#N)cc2-n2c3ccc(C)cc3c3cc(C)ccc32)c1. The van der Waals surface area contributed by atoms with E-state index in [1.165, 1.54) is 43.8 Å². The van der Waals surface area contributed by atoms with Gasteiger partial charge in [-0.2, -0.15) is 10.5 Å². The molecule has 0 unspecified atom stereocenters. The van der Waals surface area contributed by atoms with Crippen molar-refractivity contribution in [3.63, 3.8) is 0 Å². The van der Waals surface area contributed by atoms with Gasteiger partial charge < -0.3 is 9.13 Å². The Morgan fingerprint density at radius 2 is 0.766 bits per heavy atom. The second-order valence-electron chi connectivity index (χ2n) is 13.0. The van der Waals surface area contributed by atoms with E-state index in [4.69, 9.17) is 0 Å². The highest BCUT2D eigenvalue weighted by atomic mass is 15.0. The zero-order valence-electron chi connectivity index (χ0n) is 27.1. The Hall–Kier alpha value is -6.10. The number of nitriles is 2. The highest BCUT2D eigenvalue weighted by Gasteiger charge is 2.24. The van der Waals surface area contributed by atoms with Crippen molar-refractivity contribution in [3.8, 4) is 34.6 Å². The maximum atomic E-state index is 10.6. The van der Waals surface area contributed by atoms with Crippen LogP contribution in [0.2, 0.25) is 0 Å². The lowest BCUT2D eigenvalue weighted by Crippen LogP contribution is -2.05. The minimum atomic E-state index is 0.565. The summed E-state index contributed by atoms with van der Waals surface area (Å²) in [5.74, 6) is 0. The average molecular weight is 605 g/mol. The second kappa shape index (κ2) is 10.5. The van der Waals surface area contributed by atoms with E-state index in [9.17, 15) is 10.5 Å². The van der Waals surface area contributed by atoms with E-state index in [-0.39, 0.29) is 0 Å². The molecule has 8 aromatic rings. The van der Waals surface area contributed by atoms with Crippen molar-refractivity contribution in [1.82, 2.24) is 9.13 Å². The Morgan fingerprint density at radius 1 is 0.404 bits per heavy atom. The molecule has 0 bridgehead atoms. The molecular formula is C43H32N4. The summed E-state index contributed by atoms with van der Waals surface area (Å²) in [6, 6.07) is 41.3. The Morgan fingerprint density at radius 3 is 1.13 bits per heavy atom. The molecule has 2 aromatic heterocycles. The Bertz CT molecular complexity index is 2440. The molecule has 0 amide bonds. The first kappa shape index (κ1) is 28.4. The highest BCUT2D eigenvalue weighted by molar-refractivity contribution is 6.12. The molecule has 0 aliphatic carbocycles. The number of benzene rings is 6. The fourth-order valence-corrected chi connectivity index (χ4v) is 7.34. The Balaban J connectivity index is 1.62. The lowest BCUT2D eigenvalue weighted by molar-refractivity contribution is 1.13. The van der Waals surface area contributed by atoms with Crippen molar-refractivity contribution in [1.29, 1.82) is 10.5 Å². The molecular weight excluding hydrogens is 573 g/mol. The molecule has 2 heterocycles. The van der Waals surface area contributed by atoms with Crippen molar-refractivity contribution in [2.75, 3.05) is 0 Å². The van der Waals surface area contributed by atoms with Crippen molar-refractivity contribution in [2.24, 2.45) is 0 Å². The molecule has 0 atom stereocenters. The van der Waals surface area contributed by atoms with Crippen LogP contribution in [0.25, 0.3) is 66.1 Å².